The van der Waals surface area contributed by atoms with Crippen LogP contribution in [0.25, 0.3) is 0 Å². The average Bonchev–Trinajstić information content (AvgIpc) is 3.38. The van der Waals surface area contributed by atoms with E-state index in [1.807, 2.05) is 12.1 Å². The van der Waals surface area contributed by atoms with Crippen molar-refractivity contribution in [3.8, 4) is 0 Å². The summed E-state index contributed by atoms with van der Waals surface area (Å²) in [5.74, 6) is -0.359. The lowest BCUT2D eigenvalue weighted by Gasteiger charge is -2.17. The summed E-state index contributed by atoms with van der Waals surface area (Å²) >= 11 is 12.1. The number of carbonyl (C=O) groups excluding carboxylic acids is 2. The Bertz CT molecular complexity index is 799. The summed E-state index contributed by atoms with van der Waals surface area (Å²) in [7, 11) is 1.55. The van der Waals surface area contributed by atoms with Gasteiger partial charge in [-0.2, -0.15) is 0 Å². The molecule has 0 atom stereocenters. The highest BCUT2D eigenvalue weighted by molar-refractivity contribution is 6.34. The molecule has 0 unspecified atom stereocenters. The lowest BCUT2D eigenvalue weighted by Crippen LogP contribution is -2.28. The molecule has 0 heterocycles. The van der Waals surface area contributed by atoms with E-state index in [-0.39, 0.29) is 11.8 Å². The van der Waals surface area contributed by atoms with Crippen LogP contribution in [0.1, 0.15) is 28.8 Å². The van der Waals surface area contributed by atoms with Crippen molar-refractivity contribution in [1.82, 2.24) is 5.32 Å². The molecule has 0 saturated heterocycles. The molecule has 1 fully saturated rings. The normalized spacial score (nSPS) is 14.8. The van der Waals surface area contributed by atoms with Crippen molar-refractivity contribution in [3.05, 3.63) is 63.6 Å². The van der Waals surface area contributed by atoms with Crippen LogP contribution in [-0.4, -0.2) is 18.9 Å². The van der Waals surface area contributed by atoms with Gasteiger partial charge in [0.1, 0.15) is 0 Å². The van der Waals surface area contributed by atoms with Gasteiger partial charge in [0.05, 0.1) is 16.1 Å². The molecule has 124 valence electrons. The standard InChI is InChI=1S/C18H16Cl2N2O2/c1-21-16(23)11-2-7-14(20)15(10-11)22-17(24)18(8-9-18)12-3-5-13(19)6-4-12/h2-7,10H,8-9H2,1H3,(H,21,23)(H,22,24). The number of nitrogens with one attached hydrogen (secondary N) is 2. The SMILES string of the molecule is CNC(=O)c1ccc(Cl)c(NC(=O)C2(c3ccc(Cl)cc3)CC2)c1. The number of hydrogen-bond acceptors (Lipinski definition) is 2. The van der Waals surface area contributed by atoms with Gasteiger partial charge in [-0.3, -0.25) is 9.59 Å². The van der Waals surface area contributed by atoms with E-state index in [9.17, 15) is 9.59 Å². The highest BCUT2D eigenvalue weighted by Gasteiger charge is 2.51. The fourth-order valence-electron chi connectivity index (χ4n) is 2.69. The van der Waals surface area contributed by atoms with Crippen LogP contribution >= 0.6 is 23.2 Å². The predicted molar refractivity (Wildman–Crippen MR) is 95.8 cm³/mol. The van der Waals surface area contributed by atoms with Crippen LogP contribution in [-0.2, 0) is 10.2 Å². The number of hydrogen-bond donors (Lipinski definition) is 2. The molecule has 1 aliphatic carbocycles. The molecule has 0 aromatic heterocycles. The van der Waals surface area contributed by atoms with Crippen molar-refractivity contribution in [3.63, 3.8) is 0 Å². The third-order valence-corrected chi connectivity index (χ3v) is 4.87. The zero-order chi connectivity index (χ0) is 17.3. The molecule has 1 aliphatic rings. The Morgan fingerprint density at radius 2 is 1.71 bits per heavy atom. The van der Waals surface area contributed by atoms with Crippen LogP contribution in [0.3, 0.4) is 0 Å². The van der Waals surface area contributed by atoms with Crippen LogP contribution in [0.4, 0.5) is 5.69 Å². The van der Waals surface area contributed by atoms with Crippen LogP contribution in [0.15, 0.2) is 42.5 Å². The zero-order valence-electron chi connectivity index (χ0n) is 13.0. The van der Waals surface area contributed by atoms with Gasteiger partial charge < -0.3 is 10.6 Å². The molecule has 3 rings (SSSR count). The molecule has 4 nitrogen and oxygen atoms in total. The van der Waals surface area contributed by atoms with Crippen LogP contribution in [0.2, 0.25) is 10.0 Å². The number of carbonyl (C=O) groups is 2. The van der Waals surface area contributed by atoms with Gasteiger partial charge in [0, 0.05) is 17.6 Å². The van der Waals surface area contributed by atoms with E-state index in [2.05, 4.69) is 10.6 Å². The Balaban J connectivity index is 1.85. The van der Waals surface area contributed by atoms with Crippen molar-refractivity contribution >= 4 is 40.7 Å². The van der Waals surface area contributed by atoms with Crippen molar-refractivity contribution < 1.29 is 9.59 Å². The molecular formula is C18H16Cl2N2O2. The Morgan fingerprint density at radius 1 is 1.04 bits per heavy atom. The van der Waals surface area contributed by atoms with Gasteiger partial charge >= 0.3 is 0 Å². The second kappa shape index (κ2) is 6.46. The van der Waals surface area contributed by atoms with E-state index in [1.165, 1.54) is 0 Å². The molecule has 2 N–H and O–H groups in total. The molecule has 0 spiro atoms. The third-order valence-electron chi connectivity index (χ3n) is 4.29. The minimum Gasteiger partial charge on any atom is -0.355 e. The molecule has 2 amide bonds. The van der Waals surface area contributed by atoms with E-state index in [1.54, 1.807) is 37.4 Å². The van der Waals surface area contributed by atoms with E-state index in [0.29, 0.717) is 21.3 Å². The van der Waals surface area contributed by atoms with Crippen LogP contribution in [0, 0.1) is 0 Å². The second-order valence-electron chi connectivity index (χ2n) is 5.82. The van der Waals surface area contributed by atoms with Gasteiger partial charge in [-0.05, 0) is 48.7 Å². The summed E-state index contributed by atoms with van der Waals surface area (Å²) in [6.45, 7) is 0. The Morgan fingerprint density at radius 3 is 2.29 bits per heavy atom. The van der Waals surface area contributed by atoms with E-state index in [0.717, 1.165) is 18.4 Å². The Labute approximate surface area is 150 Å². The Kier molecular flexibility index (Phi) is 4.52. The van der Waals surface area contributed by atoms with Crippen molar-refractivity contribution in [2.45, 2.75) is 18.3 Å². The lowest BCUT2D eigenvalue weighted by atomic mass is 9.95. The van der Waals surface area contributed by atoms with Gasteiger partial charge in [0.15, 0.2) is 0 Å². The molecule has 0 bridgehead atoms. The first-order chi connectivity index (χ1) is 11.5. The quantitative estimate of drug-likeness (QED) is 0.862. The maximum absolute atomic E-state index is 12.8. The third kappa shape index (κ3) is 3.12. The maximum atomic E-state index is 12.8. The lowest BCUT2D eigenvalue weighted by molar-refractivity contribution is -0.118. The van der Waals surface area contributed by atoms with Crippen molar-refractivity contribution in [2.75, 3.05) is 12.4 Å². The number of rotatable bonds is 4. The zero-order valence-corrected chi connectivity index (χ0v) is 14.5. The fraction of sp³-hybridized carbons (Fsp3) is 0.222. The highest BCUT2D eigenvalue weighted by Crippen LogP contribution is 2.49. The molecule has 0 radical (unpaired) electrons. The summed E-state index contributed by atoms with van der Waals surface area (Å²) < 4.78 is 0. The average molecular weight is 363 g/mol. The fourth-order valence-corrected chi connectivity index (χ4v) is 2.98. The van der Waals surface area contributed by atoms with Gasteiger partial charge in [0.2, 0.25) is 5.91 Å². The summed E-state index contributed by atoms with van der Waals surface area (Å²) in [5, 5.41) is 6.44. The molecule has 0 aliphatic heterocycles. The van der Waals surface area contributed by atoms with E-state index in [4.69, 9.17) is 23.2 Å². The first-order valence-corrected chi connectivity index (χ1v) is 8.31. The largest absolute Gasteiger partial charge is 0.355 e. The predicted octanol–water partition coefficient (Wildman–Crippen LogP) is 4.02. The van der Waals surface area contributed by atoms with Crippen molar-refractivity contribution in [1.29, 1.82) is 0 Å². The topological polar surface area (TPSA) is 58.2 Å². The summed E-state index contributed by atoms with van der Waals surface area (Å²) in [4.78, 5) is 24.5. The number of anilines is 1. The number of benzene rings is 2. The van der Waals surface area contributed by atoms with Crippen LogP contribution < -0.4 is 10.6 Å². The molecule has 24 heavy (non-hydrogen) atoms. The van der Waals surface area contributed by atoms with Gasteiger partial charge in [-0.15, -0.1) is 0 Å². The molecule has 6 heteroatoms. The molecular weight excluding hydrogens is 347 g/mol. The summed E-state index contributed by atoms with van der Waals surface area (Å²) in [6, 6.07) is 12.1. The first-order valence-electron chi connectivity index (χ1n) is 7.55. The van der Waals surface area contributed by atoms with Crippen LogP contribution in [0.5, 0.6) is 0 Å². The second-order valence-corrected chi connectivity index (χ2v) is 6.66. The minimum atomic E-state index is -0.545. The smallest absolute Gasteiger partial charge is 0.251 e. The van der Waals surface area contributed by atoms with Gasteiger partial charge in [-0.1, -0.05) is 35.3 Å². The summed E-state index contributed by atoms with van der Waals surface area (Å²) in [5.41, 5.74) is 1.26. The maximum Gasteiger partial charge on any atom is 0.251 e. The van der Waals surface area contributed by atoms with Crippen molar-refractivity contribution in [2.24, 2.45) is 0 Å². The Hall–Kier alpha value is -2.04. The number of halogens is 2. The first kappa shape index (κ1) is 16.8. The van der Waals surface area contributed by atoms with E-state index >= 15 is 0 Å². The number of amides is 2. The minimum absolute atomic E-state index is 0.124. The van der Waals surface area contributed by atoms with Gasteiger partial charge in [0.25, 0.3) is 5.91 Å². The van der Waals surface area contributed by atoms with E-state index < -0.39 is 5.41 Å². The van der Waals surface area contributed by atoms with Gasteiger partial charge in [-0.25, -0.2) is 0 Å². The summed E-state index contributed by atoms with van der Waals surface area (Å²) in [6.07, 6.45) is 1.54. The molecule has 1 saturated carbocycles. The molecule has 2 aromatic rings. The monoisotopic (exact) mass is 362 g/mol. The highest BCUT2D eigenvalue weighted by atomic mass is 35.5. The molecule has 2 aromatic carbocycles.